The first-order valence-electron chi connectivity index (χ1n) is 10.0. The first-order chi connectivity index (χ1) is 10.4. The predicted octanol–water partition coefficient (Wildman–Crippen LogP) is 6.50. The zero-order chi connectivity index (χ0) is 14.8. The summed E-state index contributed by atoms with van der Waals surface area (Å²) < 4.78 is 6.44. The Morgan fingerprint density at radius 3 is 2.14 bits per heavy atom. The van der Waals surface area contributed by atoms with Gasteiger partial charge in [-0.3, -0.25) is 0 Å². The topological polar surface area (TPSA) is 9.23 Å². The van der Waals surface area contributed by atoms with Crippen molar-refractivity contribution in [2.45, 2.75) is 109 Å². The van der Waals surface area contributed by atoms with Crippen molar-refractivity contribution in [2.24, 2.45) is 11.8 Å². The summed E-state index contributed by atoms with van der Waals surface area (Å²) in [5, 5.41) is 0. The van der Waals surface area contributed by atoms with Crippen molar-refractivity contribution >= 4 is 0 Å². The Hall–Kier alpha value is -0.0400. The van der Waals surface area contributed by atoms with Crippen LogP contribution in [0.1, 0.15) is 103 Å². The van der Waals surface area contributed by atoms with Gasteiger partial charge in [0.05, 0.1) is 6.10 Å². The van der Waals surface area contributed by atoms with E-state index in [2.05, 4.69) is 6.92 Å². The van der Waals surface area contributed by atoms with E-state index in [9.17, 15) is 0 Å². The molecule has 0 aromatic heterocycles. The molecule has 2 aliphatic rings. The summed E-state index contributed by atoms with van der Waals surface area (Å²) in [7, 11) is 0. The molecule has 2 aliphatic carbocycles. The van der Waals surface area contributed by atoms with Gasteiger partial charge in [0.2, 0.25) is 0 Å². The van der Waals surface area contributed by atoms with Gasteiger partial charge in [-0.2, -0.15) is 0 Å². The van der Waals surface area contributed by atoms with Crippen LogP contribution in [0.3, 0.4) is 0 Å². The summed E-state index contributed by atoms with van der Waals surface area (Å²) in [5.74, 6) is 1.78. The fraction of sp³-hybridized carbons (Fsp3) is 1.00. The molecule has 0 aromatic rings. The van der Waals surface area contributed by atoms with Crippen LogP contribution in [0.5, 0.6) is 0 Å². The van der Waals surface area contributed by atoms with Crippen molar-refractivity contribution in [1.82, 2.24) is 0 Å². The predicted molar refractivity (Wildman–Crippen MR) is 91.6 cm³/mol. The highest BCUT2D eigenvalue weighted by Crippen LogP contribution is 2.33. The number of unbranched alkanes of at least 4 members (excludes halogenated alkanes) is 5. The third-order valence-electron chi connectivity index (χ3n) is 5.79. The first-order valence-corrected chi connectivity index (χ1v) is 10.0. The van der Waals surface area contributed by atoms with Crippen LogP contribution >= 0.6 is 0 Å². The fourth-order valence-electron chi connectivity index (χ4n) is 4.35. The van der Waals surface area contributed by atoms with Crippen LogP contribution in [0.2, 0.25) is 0 Å². The van der Waals surface area contributed by atoms with E-state index in [1.807, 2.05) is 0 Å². The molecule has 124 valence electrons. The second-order valence-corrected chi connectivity index (χ2v) is 7.62. The average molecular weight is 295 g/mol. The summed E-state index contributed by atoms with van der Waals surface area (Å²) in [6.07, 6.45) is 21.9. The Balaban J connectivity index is 1.62. The molecule has 0 spiro atoms. The summed E-state index contributed by atoms with van der Waals surface area (Å²) >= 11 is 0. The van der Waals surface area contributed by atoms with E-state index in [-0.39, 0.29) is 0 Å². The largest absolute Gasteiger partial charge is 0.378 e. The van der Waals surface area contributed by atoms with E-state index < -0.39 is 0 Å². The summed E-state index contributed by atoms with van der Waals surface area (Å²) in [6.45, 7) is 3.37. The molecule has 0 radical (unpaired) electrons. The minimum Gasteiger partial charge on any atom is -0.378 e. The standard InChI is InChI=1S/C20H38O/c1-2-3-4-5-6-7-16-20(19-14-10-11-15-19)21-17-18-12-8-9-13-18/h18-20H,2-17H2,1H3. The molecule has 1 unspecified atom stereocenters. The minimum atomic E-state index is 0.597. The van der Waals surface area contributed by atoms with E-state index >= 15 is 0 Å². The molecule has 0 aliphatic heterocycles. The highest BCUT2D eigenvalue weighted by atomic mass is 16.5. The quantitative estimate of drug-likeness (QED) is 0.395. The van der Waals surface area contributed by atoms with Gasteiger partial charge in [0.15, 0.2) is 0 Å². The van der Waals surface area contributed by atoms with Crippen LogP contribution in [-0.2, 0) is 4.74 Å². The lowest BCUT2D eigenvalue weighted by molar-refractivity contribution is -0.0106. The van der Waals surface area contributed by atoms with E-state index in [0.717, 1.165) is 18.4 Å². The molecule has 0 N–H and O–H groups in total. The van der Waals surface area contributed by atoms with Gasteiger partial charge in [-0.05, 0) is 43.9 Å². The molecule has 1 nitrogen and oxygen atoms in total. The molecule has 0 aromatic carbocycles. The lowest BCUT2D eigenvalue weighted by atomic mass is 9.95. The van der Waals surface area contributed by atoms with Crippen molar-refractivity contribution in [3.63, 3.8) is 0 Å². The molecule has 21 heavy (non-hydrogen) atoms. The molecule has 1 heteroatoms. The second kappa shape index (κ2) is 10.6. The fourth-order valence-corrected chi connectivity index (χ4v) is 4.35. The van der Waals surface area contributed by atoms with Gasteiger partial charge in [0, 0.05) is 6.61 Å². The molecule has 2 saturated carbocycles. The van der Waals surface area contributed by atoms with Crippen molar-refractivity contribution < 1.29 is 4.74 Å². The molecule has 0 heterocycles. The normalized spacial score (nSPS) is 22.1. The van der Waals surface area contributed by atoms with Crippen LogP contribution in [0.4, 0.5) is 0 Å². The molecular weight excluding hydrogens is 256 g/mol. The molecule has 0 amide bonds. The average Bonchev–Trinajstić information content (AvgIpc) is 3.19. The lowest BCUT2D eigenvalue weighted by Crippen LogP contribution is -2.24. The summed E-state index contributed by atoms with van der Waals surface area (Å²) in [6, 6.07) is 0. The van der Waals surface area contributed by atoms with Crippen molar-refractivity contribution in [3.8, 4) is 0 Å². The zero-order valence-electron chi connectivity index (χ0n) is 14.5. The Morgan fingerprint density at radius 2 is 1.43 bits per heavy atom. The summed E-state index contributed by atoms with van der Waals surface area (Å²) in [5.41, 5.74) is 0. The second-order valence-electron chi connectivity index (χ2n) is 7.62. The molecule has 0 saturated heterocycles. The van der Waals surface area contributed by atoms with Gasteiger partial charge in [0.25, 0.3) is 0 Å². The Kier molecular flexibility index (Phi) is 8.78. The maximum atomic E-state index is 6.44. The van der Waals surface area contributed by atoms with Gasteiger partial charge >= 0.3 is 0 Å². The van der Waals surface area contributed by atoms with Crippen molar-refractivity contribution in [2.75, 3.05) is 6.61 Å². The lowest BCUT2D eigenvalue weighted by Gasteiger charge is -2.25. The van der Waals surface area contributed by atoms with Crippen LogP contribution in [0, 0.1) is 11.8 Å². The number of ether oxygens (including phenoxy) is 1. The van der Waals surface area contributed by atoms with Crippen LogP contribution in [0.15, 0.2) is 0 Å². The smallest absolute Gasteiger partial charge is 0.0603 e. The third-order valence-corrected chi connectivity index (χ3v) is 5.79. The maximum absolute atomic E-state index is 6.44. The van der Waals surface area contributed by atoms with E-state index in [0.29, 0.717) is 6.10 Å². The first kappa shape index (κ1) is 17.3. The highest BCUT2D eigenvalue weighted by Gasteiger charge is 2.26. The van der Waals surface area contributed by atoms with Crippen molar-refractivity contribution in [3.05, 3.63) is 0 Å². The third kappa shape index (κ3) is 6.72. The van der Waals surface area contributed by atoms with E-state index in [1.54, 1.807) is 0 Å². The Bertz CT molecular complexity index is 238. The van der Waals surface area contributed by atoms with Gasteiger partial charge in [-0.25, -0.2) is 0 Å². The summed E-state index contributed by atoms with van der Waals surface area (Å²) in [4.78, 5) is 0. The zero-order valence-corrected chi connectivity index (χ0v) is 14.5. The Morgan fingerprint density at radius 1 is 0.810 bits per heavy atom. The van der Waals surface area contributed by atoms with Crippen LogP contribution in [0.25, 0.3) is 0 Å². The minimum absolute atomic E-state index is 0.597. The molecule has 1 atom stereocenters. The van der Waals surface area contributed by atoms with Gasteiger partial charge in [0.1, 0.15) is 0 Å². The molecule has 2 rings (SSSR count). The highest BCUT2D eigenvalue weighted by molar-refractivity contribution is 4.77. The maximum Gasteiger partial charge on any atom is 0.0603 e. The van der Waals surface area contributed by atoms with Crippen molar-refractivity contribution in [1.29, 1.82) is 0 Å². The van der Waals surface area contributed by atoms with Crippen LogP contribution < -0.4 is 0 Å². The van der Waals surface area contributed by atoms with Gasteiger partial charge in [-0.15, -0.1) is 0 Å². The number of rotatable bonds is 11. The van der Waals surface area contributed by atoms with E-state index in [1.165, 1.54) is 96.3 Å². The number of hydrogen-bond acceptors (Lipinski definition) is 1. The Labute approximate surface area is 133 Å². The van der Waals surface area contributed by atoms with Crippen LogP contribution in [-0.4, -0.2) is 12.7 Å². The SMILES string of the molecule is CCCCCCCCC(OCC1CCCC1)C1CCCC1. The molecule has 2 fully saturated rings. The monoisotopic (exact) mass is 294 g/mol. The molecule has 0 bridgehead atoms. The van der Waals surface area contributed by atoms with Gasteiger partial charge < -0.3 is 4.74 Å². The molecular formula is C20H38O. The number of hydrogen-bond donors (Lipinski definition) is 0. The van der Waals surface area contributed by atoms with E-state index in [4.69, 9.17) is 4.74 Å². The van der Waals surface area contributed by atoms with Gasteiger partial charge in [-0.1, -0.05) is 71.1 Å².